The number of phenols is 1. The second kappa shape index (κ2) is 10.5. The van der Waals surface area contributed by atoms with Crippen LogP contribution in [-0.2, 0) is 17.7 Å². The van der Waals surface area contributed by atoms with E-state index in [1.54, 1.807) is 18.2 Å². The Morgan fingerprint density at radius 2 is 2.02 bits per heavy atom. The Hall–Kier alpha value is -3.41. The first kappa shape index (κ1) is 26.5. The van der Waals surface area contributed by atoms with Gasteiger partial charge in [-0.2, -0.15) is 4.98 Å². The molecule has 2 atom stereocenters. The first-order chi connectivity index (χ1) is 19.9. The number of nitrogens with zero attached hydrogens (tertiary/aromatic N) is 4. The van der Waals surface area contributed by atoms with Crippen LogP contribution in [0.3, 0.4) is 0 Å². The number of aryl methyl sites for hydroxylation is 1. The van der Waals surface area contributed by atoms with E-state index >= 15 is 0 Å². The number of hydrogen-bond acceptors (Lipinski definition) is 7. The maximum atomic E-state index is 14.7. The van der Waals surface area contributed by atoms with Crippen LogP contribution in [-0.4, -0.2) is 64.5 Å². The van der Waals surface area contributed by atoms with Crippen LogP contribution in [0.25, 0.3) is 10.8 Å². The summed E-state index contributed by atoms with van der Waals surface area (Å²) in [5.74, 6) is 2.98. The average molecular weight is 557 g/mol. The number of aromatic hydroxyl groups is 1. The average Bonchev–Trinajstić information content (AvgIpc) is 3.60. The van der Waals surface area contributed by atoms with Crippen LogP contribution in [0, 0.1) is 31.0 Å². The number of fused-ring (bicyclic) bond motifs is 3. The third-order valence-corrected chi connectivity index (χ3v) is 9.63. The minimum atomic E-state index is -0.442. The topological polar surface area (TPSA) is 71.0 Å². The van der Waals surface area contributed by atoms with Crippen molar-refractivity contribution in [1.82, 2.24) is 14.9 Å². The Morgan fingerprint density at radius 1 is 1.15 bits per heavy atom. The van der Waals surface area contributed by atoms with Crippen LogP contribution in [0.2, 0.25) is 0 Å². The quantitative estimate of drug-likeness (QED) is 0.386. The molecule has 2 saturated heterocycles. The smallest absolute Gasteiger partial charge is 0.316 e. The SMILES string of the molecule is C#Cc1c(F)ccc2cc(O)cc(N3CCc4c(C)nc(OCC56CCCN5C(COCC5CC5)CC6)nc4C3)c12. The fourth-order valence-electron chi connectivity index (χ4n) is 7.30. The van der Waals surface area contributed by atoms with Gasteiger partial charge in [0.15, 0.2) is 0 Å². The highest BCUT2D eigenvalue weighted by Crippen LogP contribution is 2.43. The number of hydrogen-bond donors (Lipinski definition) is 1. The molecule has 1 N–H and O–H groups in total. The summed E-state index contributed by atoms with van der Waals surface area (Å²) in [6.45, 7) is 6.59. The van der Waals surface area contributed by atoms with Gasteiger partial charge in [0.2, 0.25) is 0 Å². The minimum absolute atomic E-state index is 0.0307. The van der Waals surface area contributed by atoms with Crippen molar-refractivity contribution in [3.63, 3.8) is 0 Å². The molecule has 2 unspecified atom stereocenters. The molecule has 214 valence electrons. The summed E-state index contributed by atoms with van der Waals surface area (Å²) in [5.41, 5.74) is 3.89. The molecular formula is C33H37FN4O3. The van der Waals surface area contributed by atoms with Crippen molar-refractivity contribution in [2.75, 3.05) is 37.8 Å². The predicted molar refractivity (Wildman–Crippen MR) is 156 cm³/mol. The summed E-state index contributed by atoms with van der Waals surface area (Å²) in [6.07, 6.45) is 13.7. The molecule has 8 heteroatoms. The van der Waals surface area contributed by atoms with E-state index in [2.05, 4.69) is 15.7 Å². The van der Waals surface area contributed by atoms with Gasteiger partial charge in [0.1, 0.15) is 18.2 Å². The Bertz CT molecular complexity index is 1530. The molecule has 0 bridgehead atoms. The van der Waals surface area contributed by atoms with Crippen LogP contribution in [0.4, 0.5) is 10.1 Å². The summed E-state index contributed by atoms with van der Waals surface area (Å²) >= 11 is 0. The zero-order valence-electron chi connectivity index (χ0n) is 23.7. The van der Waals surface area contributed by atoms with Gasteiger partial charge in [0.05, 0.1) is 29.9 Å². The summed E-state index contributed by atoms with van der Waals surface area (Å²) in [5, 5.41) is 11.8. The molecule has 3 aromatic rings. The first-order valence-corrected chi connectivity index (χ1v) is 14.9. The van der Waals surface area contributed by atoms with Gasteiger partial charge < -0.3 is 19.5 Å². The van der Waals surface area contributed by atoms with Gasteiger partial charge in [-0.3, -0.25) is 4.90 Å². The van der Waals surface area contributed by atoms with Crippen molar-refractivity contribution in [1.29, 1.82) is 0 Å². The maximum Gasteiger partial charge on any atom is 0.316 e. The lowest BCUT2D eigenvalue weighted by Crippen LogP contribution is -2.48. The van der Waals surface area contributed by atoms with E-state index in [1.165, 1.54) is 25.3 Å². The van der Waals surface area contributed by atoms with Gasteiger partial charge in [-0.1, -0.05) is 12.0 Å². The number of anilines is 1. The van der Waals surface area contributed by atoms with E-state index in [1.807, 2.05) is 6.92 Å². The standard InChI is InChI=1S/C33H37FN4O3/c1-3-26-28(34)8-7-23-15-25(39)16-30(31(23)26)37-14-10-27-21(2)35-32(36-29(27)17-37)41-20-33-11-4-13-38(33)24(9-12-33)19-40-18-22-5-6-22/h1,7-8,15-16,22,24,39H,4-6,9-14,17-20H2,2H3. The molecule has 0 amide bonds. The van der Waals surface area contributed by atoms with E-state index in [0.717, 1.165) is 68.3 Å². The summed E-state index contributed by atoms with van der Waals surface area (Å²) < 4.78 is 27.1. The summed E-state index contributed by atoms with van der Waals surface area (Å²) in [6, 6.07) is 7.17. The lowest BCUT2D eigenvalue weighted by Gasteiger charge is -2.35. The van der Waals surface area contributed by atoms with Crippen molar-refractivity contribution in [2.24, 2.45) is 5.92 Å². The van der Waals surface area contributed by atoms with Crippen molar-refractivity contribution < 1.29 is 19.0 Å². The van der Waals surface area contributed by atoms with Crippen LogP contribution in [0.15, 0.2) is 24.3 Å². The number of terminal acetylenes is 1. The van der Waals surface area contributed by atoms with E-state index < -0.39 is 5.82 Å². The summed E-state index contributed by atoms with van der Waals surface area (Å²) in [7, 11) is 0. The maximum absolute atomic E-state index is 14.7. The number of ether oxygens (including phenoxy) is 2. The number of rotatable bonds is 8. The van der Waals surface area contributed by atoms with Gasteiger partial charge in [-0.05, 0) is 87.4 Å². The highest BCUT2D eigenvalue weighted by atomic mass is 19.1. The minimum Gasteiger partial charge on any atom is -0.508 e. The lowest BCUT2D eigenvalue weighted by molar-refractivity contribution is 0.0332. The Morgan fingerprint density at radius 3 is 2.85 bits per heavy atom. The van der Waals surface area contributed by atoms with Crippen LogP contribution in [0.1, 0.15) is 61.0 Å². The highest BCUT2D eigenvalue weighted by Gasteiger charge is 2.50. The number of halogens is 1. The molecular weight excluding hydrogens is 519 g/mol. The molecule has 2 aromatic carbocycles. The fraction of sp³-hybridized carbons (Fsp3) is 0.515. The molecule has 0 radical (unpaired) electrons. The van der Waals surface area contributed by atoms with Gasteiger partial charge in [0.25, 0.3) is 0 Å². The lowest BCUT2D eigenvalue weighted by atomic mass is 9.95. The van der Waals surface area contributed by atoms with E-state index in [-0.39, 0.29) is 16.9 Å². The normalized spacial score (nSPS) is 23.9. The molecule has 1 saturated carbocycles. The zero-order chi connectivity index (χ0) is 28.1. The molecule has 4 aliphatic rings. The van der Waals surface area contributed by atoms with Crippen molar-refractivity contribution in [3.8, 4) is 24.1 Å². The van der Waals surface area contributed by atoms with Gasteiger partial charge >= 0.3 is 6.01 Å². The molecule has 1 aliphatic carbocycles. The van der Waals surface area contributed by atoms with E-state index in [9.17, 15) is 9.50 Å². The fourth-order valence-corrected chi connectivity index (χ4v) is 7.30. The van der Waals surface area contributed by atoms with Crippen LogP contribution >= 0.6 is 0 Å². The Labute approximate surface area is 240 Å². The Kier molecular flexibility index (Phi) is 6.75. The number of benzene rings is 2. The molecule has 7 nitrogen and oxygen atoms in total. The molecule has 3 aliphatic heterocycles. The molecule has 0 spiro atoms. The molecule has 7 rings (SSSR count). The van der Waals surface area contributed by atoms with Crippen molar-refractivity contribution >= 4 is 16.5 Å². The molecule has 4 heterocycles. The third kappa shape index (κ3) is 4.89. The first-order valence-electron chi connectivity index (χ1n) is 14.9. The highest BCUT2D eigenvalue weighted by molar-refractivity contribution is 6.00. The monoisotopic (exact) mass is 556 g/mol. The van der Waals surface area contributed by atoms with Gasteiger partial charge in [0, 0.05) is 42.0 Å². The van der Waals surface area contributed by atoms with Crippen LogP contribution in [0.5, 0.6) is 11.8 Å². The van der Waals surface area contributed by atoms with Crippen LogP contribution < -0.4 is 9.64 Å². The molecule has 3 fully saturated rings. The van der Waals surface area contributed by atoms with E-state index in [0.29, 0.717) is 48.2 Å². The number of phenolic OH excluding ortho intramolecular Hbond substituents is 1. The van der Waals surface area contributed by atoms with E-state index in [4.69, 9.17) is 25.9 Å². The van der Waals surface area contributed by atoms with Crippen molar-refractivity contribution in [3.05, 3.63) is 52.6 Å². The Balaban J connectivity index is 1.10. The largest absolute Gasteiger partial charge is 0.508 e. The predicted octanol–water partition coefficient (Wildman–Crippen LogP) is 5.13. The zero-order valence-corrected chi connectivity index (χ0v) is 23.7. The van der Waals surface area contributed by atoms with Gasteiger partial charge in [-0.25, -0.2) is 9.37 Å². The second-order valence-electron chi connectivity index (χ2n) is 12.3. The van der Waals surface area contributed by atoms with Gasteiger partial charge in [-0.15, -0.1) is 6.42 Å². The molecule has 41 heavy (non-hydrogen) atoms. The molecule has 1 aromatic heterocycles. The summed E-state index contributed by atoms with van der Waals surface area (Å²) in [4.78, 5) is 14.4. The van der Waals surface area contributed by atoms with Crippen molar-refractivity contribution in [2.45, 2.75) is 70.0 Å². The second-order valence-corrected chi connectivity index (χ2v) is 12.3. The third-order valence-electron chi connectivity index (χ3n) is 9.63. The number of aromatic nitrogens is 2.